The minimum atomic E-state index is -2.98. The van der Waals surface area contributed by atoms with Gasteiger partial charge in [0.15, 0.2) is 0 Å². The Balaban J connectivity index is 1.67. The molecule has 1 aromatic rings. The van der Waals surface area contributed by atoms with Crippen molar-refractivity contribution in [1.29, 1.82) is 0 Å². The molecule has 3 rings (SSSR count). The van der Waals surface area contributed by atoms with E-state index >= 15 is 0 Å². The smallest absolute Gasteiger partial charge is 0.214 e. The van der Waals surface area contributed by atoms with Crippen molar-refractivity contribution >= 4 is 31.6 Å². The average Bonchev–Trinajstić information content (AvgIpc) is 2.79. The first-order valence-electron chi connectivity index (χ1n) is 6.92. The van der Waals surface area contributed by atoms with Crippen molar-refractivity contribution in [3.05, 3.63) is 22.9 Å². The third-order valence-electron chi connectivity index (χ3n) is 4.10. The molecule has 0 amide bonds. The van der Waals surface area contributed by atoms with Crippen molar-refractivity contribution < 1.29 is 8.42 Å². The number of anilines is 1. The summed E-state index contributed by atoms with van der Waals surface area (Å²) in [5.41, 5.74) is 1.14. The Morgan fingerprint density at radius 3 is 2.60 bits per heavy atom. The van der Waals surface area contributed by atoms with E-state index in [4.69, 9.17) is 0 Å². The van der Waals surface area contributed by atoms with Gasteiger partial charge in [-0.15, -0.1) is 0 Å². The third kappa shape index (κ3) is 2.71. The van der Waals surface area contributed by atoms with Gasteiger partial charge in [0.1, 0.15) is 0 Å². The molecule has 1 aromatic heterocycles. The summed E-state index contributed by atoms with van der Waals surface area (Å²) in [6.07, 6.45) is 6.16. The quantitative estimate of drug-likeness (QED) is 0.808. The van der Waals surface area contributed by atoms with E-state index in [1.807, 2.05) is 6.07 Å². The molecule has 3 heterocycles. The molecule has 0 unspecified atom stereocenters. The Bertz CT molecular complexity index is 585. The SMILES string of the molecule is O=S1(=O)CCCN1C1CCN(c2ccncc2Br)CC1. The highest BCUT2D eigenvalue weighted by atomic mass is 79.9. The number of halogens is 1. The second-order valence-corrected chi connectivity index (χ2v) is 8.22. The van der Waals surface area contributed by atoms with E-state index in [0.29, 0.717) is 12.3 Å². The minimum absolute atomic E-state index is 0.180. The molecule has 110 valence electrons. The summed E-state index contributed by atoms with van der Waals surface area (Å²) < 4.78 is 26.6. The standard InChI is InChI=1S/C13H18BrN3O2S/c14-12-10-15-5-2-13(12)16-7-3-11(4-8-16)17-6-1-9-20(17,18)19/h2,5,10-11H,1,3-4,6-9H2. The minimum Gasteiger partial charge on any atom is -0.370 e. The molecule has 0 aliphatic carbocycles. The van der Waals surface area contributed by atoms with E-state index in [1.54, 1.807) is 16.7 Å². The van der Waals surface area contributed by atoms with Crippen LogP contribution in [0.2, 0.25) is 0 Å². The molecule has 0 radical (unpaired) electrons. The lowest BCUT2D eigenvalue weighted by Gasteiger charge is -2.37. The Labute approximate surface area is 128 Å². The third-order valence-corrected chi connectivity index (χ3v) is 6.71. The first-order chi connectivity index (χ1) is 9.58. The van der Waals surface area contributed by atoms with Crippen LogP contribution >= 0.6 is 15.9 Å². The second-order valence-electron chi connectivity index (χ2n) is 5.33. The molecule has 2 fully saturated rings. The maximum absolute atomic E-state index is 12.0. The zero-order chi connectivity index (χ0) is 14.2. The van der Waals surface area contributed by atoms with Crippen LogP contribution in [0.15, 0.2) is 22.9 Å². The van der Waals surface area contributed by atoms with Crippen LogP contribution in [0.4, 0.5) is 5.69 Å². The van der Waals surface area contributed by atoms with Gasteiger partial charge in [-0.25, -0.2) is 8.42 Å². The molecule has 2 aliphatic rings. The maximum Gasteiger partial charge on any atom is 0.214 e. The van der Waals surface area contributed by atoms with Crippen LogP contribution < -0.4 is 4.90 Å². The fraction of sp³-hybridized carbons (Fsp3) is 0.615. The Morgan fingerprint density at radius 2 is 2.00 bits per heavy atom. The van der Waals surface area contributed by atoms with Gasteiger partial charge in [-0.2, -0.15) is 4.31 Å². The first kappa shape index (κ1) is 14.3. The predicted molar refractivity (Wildman–Crippen MR) is 82.3 cm³/mol. The number of pyridine rings is 1. The molecule has 0 N–H and O–H groups in total. The lowest BCUT2D eigenvalue weighted by atomic mass is 10.0. The van der Waals surface area contributed by atoms with Gasteiger partial charge in [0.25, 0.3) is 0 Å². The molecule has 5 nitrogen and oxygen atoms in total. The van der Waals surface area contributed by atoms with Crippen molar-refractivity contribution in [2.45, 2.75) is 25.3 Å². The molecule has 2 aliphatic heterocycles. The van der Waals surface area contributed by atoms with Crippen molar-refractivity contribution in [2.75, 3.05) is 30.3 Å². The number of piperidine rings is 1. The molecule has 2 saturated heterocycles. The van der Waals surface area contributed by atoms with Crippen molar-refractivity contribution in [1.82, 2.24) is 9.29 Å². The van der Waals surface area contributed by atoms with Crippen LogP contribution in [0.1, 0.15) is 19.3 Å². The van der Waals surface area contributed by atoms with Gasteiger partial charge in [0.2, 0.25) is 10.0 Å². The number of nitrogens with zero attached hydrogens (tertiary/aromatic N) is 3. The largest absolute Gasteiger partial charge is 0.370 e. The lowest BCUT2D eigenvalue weighted by molar-refractivity contribution is 0.291. The highest BCUT2D eigenvalue weighted by molar-refractivity contribution is 9.10. The summed E-state index contributed by atoms with van der Waals surface area (Å²) in [5, 5.41) is 0. The molecule has 0 atom stereocenters. The highest BCUT2D eigenvalue weighted by Crippen LogP contribution is 2.30. The van der Waals surface area contributed by atoms with E-state index < -0.39 is 10.0 Å². The summed E-state index contributed by atoms with van der Waals surface area (Å²) in [4.78, 5) is 6.37. The summed E-state index contributed by atoms with van der Waals surface area (Å²) >= 11 is 3.52. The molecule has 0 bridgehead atoms. The summed E-state index contributed by atoms with van der Waals surface area (Å²) in [6, 6.07) is 2.18. The molecule has 0 spiro atoms. The normalized spacial score (nSPS) is 24.1. The van der Waals surface area contributed by atoms with Gasteiger partial charge in [-0.3, -0.25) is 4.98 Å². The molecular weight excluding hydrogens is 342 g/mol. The van der Waals surface area contributed by atoms with Crippen LogP contribution in [0.25, 0.3) is 0 Å². The van der Waals surface area contributed by atoms with Crippen LogP contribution in [-0.4, -0.2) is 49.1 Å². The fourth-order valence-electron chi connectivity index (χ4n) is 3.09. The van der Waals surface area contributed by atoms with E-state index in [9.17, 15) is 8.42 Å². The highest BCUT2D eigenvalue weighted by Gasteiger charge is 2.36. The van der Waals surface area contributed by atoms with E-state index in [-0.39, 0.29) is 6.04 Å². The summed E-state index contributed by atoms with van der Waals surface area (Å²) in [6.45, 7) is 2.48. The Kier molecular flexibility index (Phi) is 4.01. The van der Waals surface area contributed by atoms with Gasteiger partial charge in [-0.05, 0) is 41.3 Å². The number of aromatic nitrogens is 1. The zero-order valence-corrected chi connectivity index (χ0v) is 13.6. The Morgan fingerprint density at radius 1 is 1.25 bits per heavy atom. The lowest BCUT2D eigenvalue weighted by Crippen LogP contribution is -2.45. The maximum atomic E-state index is 12.0. The van der Waals surface area contributed by atoms with Crippen LogP contribution in [0.5, 0.6) is 0 Å². The number of rotatable bonds is 2. The van der Waals surface area contributed by atoms with Crippen molar-refractivity contribution in [3.8, 4) is 0 Å². The van der Waals surface area contributed by atoms with E-state index in [2.05, 4.69) is 25.8 Å². The predicted octanol–water partition coefficient (Wildman–Crippen LogP) is 1.85. The second kappa shape index (κ2) is 5.61. The summed E-state index contributed by atoms with van der Waals surface area (Å²) in [7, 11) is -2.98. The van der Waals surface area contributed by atoms with Gasteiger partial charge in [0, 0.05) is 38.1 Å². The van der Waals surface area contributed by atoms with Crippen LogP contribution in [-0.2, 0) is 10.0 Å². The molecular formula is C13H18BrN3O2S. The van der Waals surface area contributed by atoms with E-state index in [1.165, 1.54) is 0 Å². The van der Waals surface area contributed by atoms with Gasteiger partial charge in [-0.1, -0.05) is 0 Å². The molecule has 0 aromatic carbocycles. The van der Waals surface area contributed by atoms with Crippen molar-refractivity contribution in [3.63, 3.8) is 0 Å². The Hall–Kier alpha value is -0.660. The van der Waals surface area contributed by atoms with Crippen LogP contribution in [0.3, 0.4) is 0 Å². The fourth-order valence-corrected chi connectivity index (χ4v) is 5.39. The monoisotopic (exact) mass is 359 g/mol. The number of hydrogen-bond acceptors (Lipinski definition) is 4. The molecule has 0 saturated carbocycles. The molecule has 7 heteroatoms. The topological polar surface area (TPSA) is 53.5 Å². The van der Waals surface area contributed by atoms with Crippen LogP contribution in [0, 0.1) is 0 Å². The molecule has 20 heavy (non-hydrogen) atoms. The van der Waals surface area contributed by atoms with E-state index in [0.717, 1.165) is 42.5 Å². The average molecular weight is 360 g/mol. The zero-order valence-electron chi connectivity index (χ0n) is 11.2. The van der Waals surface area contributed by atoms with Gasteiger partial charge >= 0.3 is 0 Å². The number of hydrogen-bond donors (Lipinski definition) is 0. The van der Waals surface area contributed by atoms with Gasteiger partial charge < -0.3 is 4.90 Å². The number of sulfonamides is 1. The first-order valence-corrected chi connectivity index (χ1v) is 9.32. The van der Waals surface area contributed by atoms with Gasteiger partial charge in [0.05, 0.1) is 15.9 Å². The van der Waals surface area contributed by atoms with Crippen molar-refractivity contribution in [2.24, 2.45) is 0 Å². The summed E-state index contributed by atoms with van der Waals surface area (Å²) in [5.74, 6) is 0.323.